The lowest BCUT2D eigenvalue weighted by Gasteiger charge is -2.25. The highest BCUT2D eigenvalue weighted by atomic mass is 79.9. The molecule has 0 fully saturated rings. The fourth-order valence-electron chi connectivity index (χ4n) is 0.870. The summed E-state index contributed by atoms with van der Waals surface area (Å²) in [7, 11) is -3.13. The van der Waals surface area contributed by atoms with Crippen LogP contribution in [0, 0.1) is 0 Å². The first-order valence-electron chi connectivity index (χ1n) is 5.20. The summed E-state index contributed by atoms with van der Waals surface area (Å²) < 4.78 is 90.4. The predicted octanol–water partition coefficient (Wildman–Crippen LogP) is 3.08. The van der Waals surface area contributed by atoms with Crippen LogP contribution in [0.3, 0.4) is 0 Å². The molecule has 0 rings (SSSR count). The number of alkyl halides is 7. The number of hydrogen-bond donors (Lipinski definition) is 0. The van der Waals surface area contributed by atoms with Gasteiger partial charge in [0.2, 0.25) is 0 Å². The van der Waals surface area contributed by atoms with E-state index < -0.39 is 43.6 Å². The predicted molar refractivity (Wildman–Crippen MR) is 64.1 cm³/mol. The van der Waals surface area contributed by atoms with E-state index in [4.69, 9.17) is 0 Å². The van der Waals surface area contributed by atoms with Gasteiger partial charge in [-0.25, -0.2) is 5.06 Å². The molecule has 0 aliphatic heterocycles. The van der Waals surface area contributed by atoms with Crippen molar-refractivity contribution in [3.05, 3.63) is 0 Å². The Hall–Kier alpha value is -0.360. The SMILES string of the molecule is CON(C)C(=O)C(Br)P(=O)(OCC(F)(F)F)OCC(F)(F)F. The highest BCUT2D eigenvalue weighted by molar-refractivity contribution is 9.11. The molecule has 6 nitrogen and oxygen atoms in total. The molecule has 0 aromatic rings. The third kappa shape index (κ3) is 7.77. The molecule has 1 amide bonds. The van der Waals surface area contributed by atoms with Gasteiger partial charge in [0.15, 0.2) is 17.8 Å². The lowest BCUT2D eigenvalue weighted by molar-refractivity contribution is -0.171. The molecule has 0 aromatic carbocycles. The van der Waals surface area contributed by atoms with E-state index in [1.165, 1.54) is 0 Å². The average molecular weight is 426 g/mol. The number of hydrogen-bond acceptors (Lipinski definition) is 5. The summed E-state index contributed by atoms with van der Waals surface area (Å²) in [6.45, 7) is -4.32. The fourth-order valence-corrected chi connectivity index (χ4v) is 3.29. The van der Waals surface area contributed by atoms with Gasteiger partial charge in [0.1, 0.15) is 0 Å². The monoisotopic (exact) mass is 425 g/mol. The summed E-state index contributed by atoms with van der Waals surface area (Å²) in [5, 5.41) is 0.431. The quantitative estimate of drug-likeness (QED) is 0.271. The minimum atomic E-state index is -5.12. The van der Waals surface area contributed by atoms with E-state index in [-0.39, 0.29) is 0 Å². The van der Waals surface area contributed by atoms with Gasteiger partial charge in [0, 0.05) is 7.05 Å². The minimum absolute atomic E-state index is 0.431. The van der Waals surface area contributed by atoms with Crippen molar-refractivity contribution >= 4 is 29.4 Å². The van der Waals surface area contributed by atoms with Crippen molar-refractivity contribution in [2.24, 2.45) is 0 Å². The fraction of sp³-hybridized carbons (Fsp3) is 0.875. The van der Waals surface area contributed by atoms with Gasteiger partial charge in [-0.3, -0.25) is 23.2 Å². The molecular weight excluding hydrogens is 415 g/mol. The van der Waals surface area contributed by atoms with E-state index in [2.05, 4.69) is 29.8 Å². The average Bonchev–Trinajstić information content (AvgIpc) is 2.38. The topological polar surface area (TPSA) is 65.1 Å². The first-order chi connectivity index (χ1) is 9.72. The molecule has 0 spiro atoms. The maximum absolute atomic E-state index is 12.1. The van der Waals surface area contributed by atoms with Crippen LogP contribution in [0.2, 0.25) is 0 Å². The van der Waals surface area contributed by atoms with Crippen molar-refractivity contribution in [1.82, 2.24) is 5.06 Å². The summed E-state index contributed by atoms with van der Waals surface area (Å²) in [5.41, 5.74) is 0. The molecule has 0 heterocycles. The van der Waals surface area contributed by atoms with E-state index in [1.54, 1.807) is 0 Å². The highest BCUT2D eigenvalue weighted by Gasteiger charge is 2.46. The summed E-state index contributed by atoms with van der Waals surface area (Å²) in [6.07, 6.45) is -9.97. The molecule has 132 valence electrons. The van der Waals surface area contributed by atoms with Crippen molar-refractivity contribution < 1.29 is 49.6 Å². The van der Waals surface area contributed by atoms with E-state index in [9.17, 15) is 35.7 Å². The molecule has 0 aliphatic rings. The molecule has 1 unspecified atom stereocenters. The highest BCUT2D eigenvalue weighted by Crippen LogP contribution is 2.57. The van der Waals surface area contributed by atoms with Gasteiger partial charge >= 0.3 is 19.9 Å². The molecule has 1 atom stereocenters. The minimum Gasteiger partial charge on any atom is -0.298 e. The lowest BCUT2D eigenvalue weighted by atomic mass is 10.7. The van der Waals surface area contributed by atoms with Crippen LogP contribution in [0.5, 0.6) is 0 Å². The summed E-state index contributed by atoms with van der Waals surface area (Å²) in [6, 6.07) is 0. The van der Waals surface area contributed by atoms with Gasteiger partial charge < -0.3 is 0 Å². The van der Waals surface area contributed by atoms with Crippen LogP contribution in [0.1, 0.15) is 0 Å². The molecule has 0 N–H and O–H groups in total. The van der Waals surface area contributed by atoms with E-state index in [0.717, 1.165) is 14.2 Å². The Labute approximate surface area is 129 Å². The van der Waals surface area contributed by atoms with E-state index in [1.807, 2.05) is 0 Å². The Morgan fingerprint density at radius 1 is 1.14 bits per heavy atom. The number of rotatable bonds is 7. The van der Waals surface area contributed by atoms with Crippen LogP contribution in [0.25, 0.3) is 0 Å². The number of amides is 1. The number of carbonyl (C=O) groups is 1. The Kier molecular flexibility index (Phi) is 7.82. The Morgan fingerprint density at radius 2 is 1.50 bits per heavy atom. The van der Waals surface area contributed by atoms with Crippen molar-refractivity contribution in [3.8, 4) is 0 Å². The van der Waals surface area contributed by atoms with Crippen molar-refractivity contribution in [2.75, 3.05) is 27.4 Å². The van der Waals surface area contributed by atoms with Gasteiger partial charge in [0.25, 0.3) is 5.91 Å². The maximum Gasteiger partial charge on any atom is 0.412 e. The van der Waals surface area contributed by atoms with Crippen LogP contribution >= 0.6 is 23.5 Å². The third-order valence-electron chi connectivity index (χ3n) is 1.88. The molecule has 0 aromatic heterocycles. The zero-order chi connectivity index (χ0) is 17.8. The first kappa shape index (κ1) is 21.6. The van der Waals surface area contributed by atoms with Crippen molar-refractivity contribution in [1.29, 1.82) is 0 Å². The van der Waals surface area contributed by atoms with Crippen LogP contribution in [0.15, 0.2) is 0 Å². The van der Waals surface area contributed by atoms with E-state index >= 15 is 0 Å². The zero-order valence-electron chi connectivity index (χ0n) is 11.1. The standard InChI is InChI=1S/C8H11BrF6NO5P/c1-16(19-2)6(17)5(9)22(18,20-3-7(10,11)12)21-4-8(13,14)15/h5H,3-4H2,1-2H3. The molecular formula is C8H11BrF6NO5P. The number of halogens is 7. The smallest absolute Gasteiger partial charge is 0.298 e. The van der Waals surface area contributed by atoms with Gasteiger partial charge in [-0.05, 0) is 0 Å². The Bertz CT molecular complexity index is 408. The summed E-state index contributed by atoms with van der Waals surface area (Å²) in [5.74, 6) is -1.25. The second-order valence-electron chi connectivity index (χ2n) is 3.67. The molecule has 0 saturated heterocycles. The Balaban J connectivity index is 5.22. The summed E-state index contributed by atoms with van der Waals surface area (Å²) in [4.78, 5) is 16.0. The van der Waals surface area contributed by atoms with Crippen molar-refractivity contribution in [2.45, 2.75) is 16.9 Å². The number of nitrogens with zero attached hydrogens (tertiary/aromatic N) is 1. The second kappa shape index (κ2) is 7.95. The van der Waals surface area contributed by atoms with Gasteiger partial charge in [-0.1, -0.05) is 15.9 Å². The largest absolute Gasteiger partial charge is 0.412 e. The first-order valence-corrected chi connectivity index (χ1v) is 7.72. The molecule has 0 bridgehead atoms. The number of hydroxylamine groups is 2. The van der Waals surface area contributed by atoms with Crippen molar-refractivity contribution in [3.63, 3.8) is 0 Å². The number of carbonyl (C=O) groups excluding carboxylic acids is 1. The third-order valence-corrected chi connectivity index (χ3v) is 5.53. The van der Waals surface area contributed by atoms with Crippen LogP contribution in [-0.2, 0) is 23.2 Å². The Morgan fingerprint density at radius 3 is 1.77 bits per heavy atom. The van der Waals surface area contributed by atoms with Crippen LogP contribution < -0.4 is 0 Å². The van der Waals surface area contributed by atoms with Gasteiger partial charge in [-0.15, -0.1) is 0 Å². The van der Waals surface area contributed by atoms with Gasteiger partial charge in [0.05, 0.1) is 7.11 Å². The molecule has 0 aliphatic carbocycles. The molecule has 22 heavy (non-hydrogen) atoms. The molecule has 14 heteroatoms. The van der Waals surface area contributed by atoms with Crippen LogP contribution in [-0.4, -0.2) is 55.3 Å². The maximum atomic E-state index is 12.1. The van der Waals surface area contributed by atoms with E-state index in [0.29, 0.717) is 5.06 Å². The van der Waals surface area contributed by atoms with Gasteiger partial charge in [-0.2, -0.15) is 26.3 Å². The molecule has 0 radical (unpaired) electrons. The summed E-state index contributed by atoms with van der Waals surface area (Å²) >= 11 is 2.42. The van der Waals surface area contributed by atoms with Crippen LogP contribution in [0.4, 0.5) is 26.3 Å². The normalized spacial score (nSPS) is 14.8. The zero-order valence-corrected chi connectivity index (χ0v) is 13.6. The molecule has 0 saturated carbocycles. The lowest BCUT2D eigenvalue weighted by Crippen LogP contribution is -2.34. The second-order valence-corrected chi connectivity index (χ2v) is 7.41.